The molecule has 32 heavy (non-hydrogen) atoms. The molecule has 0 spiro atoms. The molecule has 9 heteroatoms. The summed E-state index contributed by atoms with van der Waals surface area (Å²) in [4.78, 5) is 11.8. The van der Waals surface area contributed by atoms with Gasteiger partial charge in [0.05, 0.1) is 0 Å². The smallest absolute Gasteiger partial charge is 0.451 e. The molecule has 0 unspecified atom stereocenters. The largest absolute Gasteiger partial charge is 0.480 e. The number of carbonyl (C=O) groups is 1. The third kappa shape index (κ3) is 6.08. The number of carboxylic acid groups (broad SMARTS) is 1. The maximum Gasteiger partial charge on any atom is 0.451 e. The van der Waals surface area contributed by atoms with Crippen molar-refractivity contribution in [3.8, 4) is 11.1 Å². The minimum atomic E-state index is -1.38. The monoisotopic (exact) mass is 462 g/mol. The summed E-state index contributed by atoms with van der Waals surface area (Å²) < 4.78 is 14.6. The van der Waals surface area contributed by atoms with E-state index in [1.54, 1.807) is 30.3 Å². The van der Waals surface area contributed by atoms with E-state index in [4.69, 9.17) is 27.4 Å². The Morgan fingerprint density at radius 2 is 1.88 bits per heavy atom. The number of hydrogen-bond acceptors (Lipinski definition) is 5. The lowest BCUT2D eigenvalue weighted by Crippen LogP contribution is -2.61. The lowest BCUT2D eigenvalue weighted by molar-refractivity contribution is -0.148. The van der Waals surface area contributed by atoms with Crippen molar-refractivity contribution < 1.29 is 24.3 Å². The van der Waals surface area contributed by atoms with Crippen LogP contribution >= 0.6 is 11.6 Å². The number of hydrogen-bond donors (Lipinski definition) is 5. The molecule has 1 aliphatic rings. The molecule has 0 aromatic heterocycles. The first kappa shape index (κ1) is 24.7. The molecule has 2 aromatic rings. The number of benzene rings is 2. The fraction of sp³-hybridized carbons (Fsp3) is 0.435. The Kier molecular flexibility index (Phi) is 8.30. The summed E-state index contributed by atoms with van der Waals surface area (Å²) in [6.45, 7) is 0.480. The topological polar surface area (TPSA) is 116 Å². The zero-order valence-corrected chi connectivity index (χ0v) is 18.6. The van der Waals surface area contributed by atoms with Crippen LogP contribution in [0.2, 0.25) is 11.3 Å². The second-order valence-corrected chi connectivity index (χ2v) is 9.08. The van der Waals surface area contributed by atoms with Crippen LogP contribution in [0.3, 0.4) is 0 Å². The van der Waals surface area contributed by atoms with Gasteiger partial charge in [-0.05, 0) is 60.8 Å². The molecule has 1 saturated carbocycles. The van der Waals surface area contributed by atoms with Crippen molar-refractivity contribution in [2.24, 2.45) is 11.7 Å². The van der Waals surface area contributed by atoms with Gasteiger partial charge in [0, 0.05) is 23.2 Å². The van der Waals surface area contributed by atoms with E-state index in [0.717, 1.165) is 11.1 Å². The first-order chi connectivity index (χ1) is 15.2. The second-order valence-electron chi connectivity index (χ2n) is 8.64. The van der Waals surface area contributed by atoms with Gasteiger partial charge in [0.25, 0.3) is 0 Å². The highest BCUT2D eigenvalue weighted by Crippen LogP contribution is 2.38. The molecule has 0 heterocycles. The van der Waals surface area contributed by atoms with Crippen LogP contribution in [0.4, 0.5) is 4.39 Å². The molecule has 0 bridgehead atoms. The molecular weight excluding hydrogens is 434 g/mol. The predicted octanol–water partition coefficient (Wildman–Crippen LogP) is 3.44. The van der Waals surface area contributed by atoms with Crippen molar-refractivity contribution in [3.63, 3.8) is 0 Å². The van der Waals surface area contributed by atoms with Gasteiger partial charge in [0.15, 0.2) is 0 Å². The lowest BCUT2D eigenvalue weighted by Gasteiger charge is -2.45. The average Bonchev–Trinajstić information content (AvgIpc) is 2.70. The van der Waals surface area contributed by atoms with Gasteiger partial charge in [-0.1, -0.05) is 48.7 Å². The summed E-state index contributed by atoms with van der Waals surface area (Å²) in [6, 6.07) is 12.3. The molecule has 1 fully saturated rings. The molecule has 1 aliphatic carbocycles. The van der Waals surface area contributed by atoms with E-state index in [1.807, 2.05) is 6.07 Å². The van der Waals surface area contributed by atoms with Gasteiger partial charge in [-0.15, -0.1) is 0 Å². The quantitative estimate of drug-likeness (QED) is 0.258. The standard InChI is InChI=1S/C23H29BClFN2O4/c25-18-6-4-16(5-7-18)20-8-3-15(11-21(20)26)14-28-19-12-17(13-19)23(27,22(29)30)9-1-2-10-24(31)32/h3-8,11,17,19,28,31-32H,1-2,9-10,12-14,27H2,(H,29,30)/t17?,19?,23-/m0/s1. The summed E-state index contributed by atoms with van der Waals surface area (Å²) in [5, 5.41) is 31.4. The number of carboxylic acids is 1. The molecule has 6 N–H and O–H groups in total. The zero-order valence-electron chi connectivity index (χ0n) is 17.8. The summed E-state index contributed by atoms with van der Waals surface area (Å²) in [6.07, 6.45) is 2.80. The predicted molar refractivity (Wildman–Crippen MR) is 124 cm³/mol. The van der Waals surface area contributed by atoms with Crippen LogP contribution in [-0.2, 0) is 11.3 Å². The zero-order chi connectivity index (χ0) is 23.3. The van der Waals surface area contributed by atoms with E-state index in [9.17, 15) is 14.3 Å². The Morgan fingerprint density at radius 3 is 2.47 bits per heavy atom. The second kappa shape index (κ2) is 10.8. The SMILES string of the molecule is N[C@](CCCCB(O)O)(C(=O)O)C1CC(NCc2ccc(-c3ccc(Cl)cc3)c(F)c2)C1. The van der Waals surface area contributed by atoms with Gasteiger partial charge in [-0.25, -0.2) is 4.39 Å². The molecule has 3 rings (SSSR count). The number of unbranched alkanes of at least 4 members (excludes halogenated alkanes) is 1. The van der Waals surface area contributed by atoms with Gasteiger partial charge in [0.1, 0.15) is 11.4 Å². The van der Waals surface area contributed by atoms with Gasteiger partial charge in [0.2, 0.25) is 0 Å². The Morgan fingerprint density at radius 1 is 1.19 bits per heavy atom. The lowest BCUT2D eigenvalue weighted by atomic mass is 9.66. The third-order valence-corrected chi connectivity index (χ3v) is 6.60. The molecule has 1 atom stereocenters. The summed E-state index contributed by atoms with van der Waals surface area (Å²) in [7, 11) is -1.38. The molecule has 0 radical (unpaired) electrons. The van der Waals surface area contributed by atoms with Crippen molar-refractivity contribution in [2.45, 2.75) is 56.5 Å². The molecule has 6 nitrogen and oxygen atoms in total. The summed E-state index contributed by atoms with van der Waals surface area (Å²) >= 11 is 5.89. The highest BCUT2D eigenvalue weighted by molar-refractivity contribution is 6.40. The van der Waals surface area contributed by atoms with Crippen LogP contribution in [0.1, 0.15) is 37.7 Å². The fourth-order valence-electron chi connectivity index (χ4n) is 4.23. The molecule has 0 aliphatic heterocycles. The molecule has 172 valence electrons. The fourth-order valence-corrected chi connectivity index (χ4v) is 4.36. The van der Waals surface area contributed by atoms with Crippen molar-refractivity contribution in [2.75, 3.05) is 0 Å². The molecule has 0 saturated heterocycles. The third-order valence-electron chi connectivity index (χ3n) is 6.35. The first-order valence-corrected chi connectivity index (χ1v) is 11.2. The van der Waals surface area contributed by atoms with Crippen molar-refractivity contribution in [1.82, 2.24) is 5.32 Å². The van der Waals surface area contributed by atoms with Crippen LogP contribution in [-0.4, -0.2) is 39.8 Å². The number of halogens is 2. The normalized spacial score (nSPS) is 19.8. The van der Waals surface area contributed by atoms with Crippen LogP contribution in [0.15, 0.2) is 42.5 Å². The van der Waals surface area contributed by atoms with E-state index in [2.05, 4.69) is 5.32 Å². The van der Waals surface area contributed by atoms with E-state index in [0.29, 0.717) is 49.2 Å². The molecule has 2 aromatic carbocycles. The minimum absolute atomic E-state index is 0.126. The average molecular weight is 463 g/mol. The van der Waals surface area contributed by atoms with Crippen LogP contribution in [0.25, 0.3) is 11.1 Å². The van der Waals surface area contributed by atoms with E-state index in [-0.39, 0.29) is 24.1 Å². The summed E-state index contributed by atoms with van der Waals surface area (Å²) in [5.41, 5.74) is 6.99. The Labute approximate surface area is 192 Å². The number of aliphatic carboxylic acids is 1. The Balaban J connectivity index is 1.50. The van der Waals surface area contributed by atoms with E-state index < -0.39 is 18.6 Å². The maximum atomic E-state index is 14.6. The van der Waals surface area contributed by atoms with Crippen LogP contribution < -0.4 is 11.1 Å². The van der Waals surface area contributed by atoms with Crippen molar-refractivity contribution >= 4 is 24.7 Å². The number of rotatable bonds is 11. The van der Waals surface area contributed by atoms with E-state index >= 15 is 0 Å². The van der Waals surface area contributed by atoms with Crippen molar-refractivity contribution in [3.05, 3.63) is 58.9 Å². The summed E-state index contributed by atoms with van der Waals surface area (Å²) in [5.74, 6) is -1.48. The number of nitrogens with two attached hydrogens (primary N) is 1. The van der Waals surface area contributed by atoms with Crippen LogP contribution in [0, 0.1) is 11.7 Å². The van der Waals surface area contributed by atoms with Gasteiger partial charge >= 0.3 is 13.1 Å². The van der Waals surface area contributed by atoms with Crippen LogP contribution in [0.5, 0.6) is 0 Å². The highest BCUT2D eigenvalue weighted by Gasteiger charge is 2.48. The van der Waals surface area contributed by atoms with Gasteiger partial charge in [-0.3, -0.25) is 4.79 Å². The Bertz CT molecular complexity index is 925. The van der Waals surface area contributed by atoms with E-state index in [1.165, 1.54) is 6.07 Å². The molecule has 0 amide bonds. The number of nitrogens with one attached hydrogen (secondary N) is 1. The highest BCUT2D eigenvalue weighted by atomic mass is 35.5. The first-order valence-electron chi connectivity index (χ1n) is 10.8. The molecular formula is C23H29BClFN2O4. The van der Waals surface area contributed by atoms with Gasteiger partial charge < -0.3 is 26.2 Å². The van der Waals surface area contributed by atoms with Gasteiger partial charge in [-0.2, -0.15) is 0 Å². The minimum Gasteiger partial charge on any atom is -0.480 e. The maximum absolute atomic E-state index is 14.6. The Hall–Kier alpha value is -1.97. The van der Waals surface area contributed by atoms with Crippen molar-refractivity contribution in [1.29, 1.82) is 0 Å².